The van der Waals surface area contributed by atoms with Gasteiger partial charge < -0.3 is 4.74 Å². The topological polar surface area (TPSA) is 104 Å². The van der Waals surface area contributed by atoms with Crippen LogP contribution in [0.4, 0.5) is 5.95 Å². The SMILES string of the molecule is COc1cccc(C2CC(C(=O)Nc3n[nH]c(C(C)C)n3)NN2)c1. The zero-order chi connectivity index (χ0) is 17.1. The van der Waals surface area contributed by atoms with Crippen LogP contribution in [0.1, 0.15) is 43.6 Å². The van der Waals surface area contributed by atoms with Crippen LogP contribution in [0.15, 0.2) is 24.3 Å². The number of nitrogens with one attached hydrogen (secondary N) is 4. The number of nitrogens with zero attached hydrogens (tertiary/aromatic N) is 2. The van der Waals surface area contributed by atoms with Gasteiger partial charge in [-0.2, -0.15) is 4.98 Å². The Hall–Kier alpha value is -2.45. The van der Waals surface area contributed by atoms with E-state index in [1.807, 2.05) is 38.1 Å². The summed E-state index contributed by atoms with van der Waals surface area (Å²) in [7, 11) is 1.64. The molecular weight excluding hydrogens is 308 g/mol. The number of aromatic nitrogens is 3. The van der Waals surface area contributed by atoms with E-state index in [2.05, 4.69) is 31.3 Å². The van der Waals surface area contributed by atoms with Gasteiger partial charge in [0.25, 0.3) is 0 Å². The number of rotatable bonds is 5. The van der Waals surface area contributed by atoms with E-state index < -0.39 is 0 Å². The lowest BCUT2D eigenvalue weighted by Gasteiger charge is -2.11. The Morgan fingerprint density at radius 3 is 2.92 bits per heavy atom. The van der Waals surface area contributed by atoms with Gasteiger partial charge >= 0.3 is 0 Å². The minimum Gasteiger partial charge on any atom is -0.497 e. The molecular formula is C16H22N6O2. The molecule has 0 radical (unpaired) electrons. The first-order valence-electron chi connectivity index (χ1n) is 7.95. The van der Waals surface area contributed by atoms with Crippen molar-refractivity contribution < 1.29 is 9.53 Å². The Morgan fingerprint density at radius 2 is 2.21 bits per heavy atom. The van der Waals surface area contributed by atoms with Crippen molar-refractivity contribution in [3.05, 3.63) is 35.7 Å². The molecule has 1 fully saturated rings. The Bertz CT molecular complexity index is 714. The molecule has 1 aliphatic rings. The monoisotopic (exact) mass is 330 g/mol. The summed E-state index contributed by atoms with van der Waals surface area (Å²) in [5.74, 6) is 1.91. The molecule has 0 spiro atoms. The smallest absolute Gasteiger partial charge is 0.248 e. The molecule has 1 saturated heterocycles. The van der Waals surface area contributed by atoms with Crippen LogP contribution in [-0.4, -0.2) is 34.2 Å². The number of aromatic amines is 1. The van der Waals surface area contributed by atoms with Gasteiger partial charge in [-0.25, -0.2) is 10.9 Å². The minimum absolute atomic E-state index is 0.0363. The fraction of sp³-hybridized carbons (Fsp3) is 0.438. The van der Waals surface area contributed by atoms with Crippen molar-refractivity contribution in [2.24, 2.45) is 0 Å². The predicted octanol–water partition coefficient (Wildman–Crippen LogP) is 1.48. The van der Waals surface area contributed by atoms with E-state index >= 15 is 0 Å². The van der Waals surface area contributed by atoms with Gasteiger partial charge in [0.15, 0.2) is 0 Å². The van der Waals surface area contributed by atoms with E-state index in [1.54, 1.807) is 7.11 Å². The second-order valence-electron chi connectivity index (χ2n) is 6.09. The fourth-order valence-corrected chi connectivity index (χ4v) is 2.59. The third-order valence-electron chi connectivity index (χ3n) is 4.00. The van der Waals surface area contributed by atoms with E-state index in [9.17, 15) is 4.79 Å². The van der Waals surface area contributed by atoms with Gasteiger partial charge in [-0.1, -0.05) is 26.0 Å². The molecule has 3 rings (SSSR count). The molecule has 8 nitrogen and oxygen atoms in total. The molecule has 24 heavy (non-hydrogen) atoms. The summed E-state index contributed by atoms with van der Waals surface area (Å²) < 4.78 is 5.24. The highest BCUT2D eigenvalue weighted by atomic mass is 16.5. The molecule has 0 aliphatic carbocycles. The zero-order valence-electron chi connectivity index (χ0n) is 14.0. The standard InChI is InChI=1S/C16H22N6O2/c1-9(2)14-17-16(22-21-14)18-15(23)13-8-12(19-20-13)10-5-4-6-11(7-10)24-3/h4-7,9,12-13,19-20H,8H2,1-3H3,(H2,17,18,21,22,23). The number of carbonyl (C=O) groups excluding carboxylic acids is 1. The number of benzene rings is 1. The summed E-state index contributed by atoms with van der Waals surface area (Å²) >= 11 is 0. The Labute approximate surface area is 140 Å². The number of amides is 1. The van der Waals surface area contributed by atoms with Crippen molar-refractivity contribution in [2.45, 2.75) is 38.3 Å². The van der Waals surface area contributed by atoms with Crippen LogP contribution in [-0.2, 0) is 4.79 Å². The number of hydrazine groups is 1. The highest BCUT2D eigenvalue weighted by Gasteiger charge is 2.30. The molecule has 1 aromatic heterocycles. The molecule has 1 amide bonds. The number of hydrogen-bond donors (Lipinski definition) is 4. The van der Waals surface area contributed by atoms with Gasteiger partial charge in [0, 0.05) is 12.0 Å². The molecule has 2 atom stereocenters. The molecule has 2 aromatic rings. The van der Waals surface area contributed by atoms with E-state index in [0.29, 0.717) is 12.4 Å². The predicted molar refractivity (Wildman–Crippen MR) is 89.5 cm³/mol. The Kier molecular flexibility index (Phi) is 4.77. The van der Waals surface area contributed by atoms with Gasteiger partial charge in [0.1, 0.15) is 17.6 Å². The van der Waals surface area contributed by atoms with Gasteiger partial charge in [-0.15, -0.1) is 5.10 Å². The first-order valence-corrected chi connectivity index (χ1v) is 7.95. The molecule has 1 aromatic carbocycles. The summed E-state index contributed by atoms with van der Waals surface area (Å²) in [4.78, 5) is 16.6. The number of carbonyl (C=O) groups is 1. The van der Waals surface area contributed by atoms with Crippen LogP contribution in [0.3, 0.4) is 0 Å². The molecule has 0 bridgehead atoms. The first kappa shape index (κ1) is 16.4. The lowest BCUT2D eigenvalue weighted by molar-refractivity contribution is -0.117. The highest BCUT2D eigenvalue weighted by Crippen LogP contribution is 2.25. The summed E-state index contributed by atoms with van der Waals surface area (Å²) in [6.07, 6.45) is 0.625. The number of anilines is 1. The molecule has 2 unspecified atom stereocenters. The van der Waals surface area contributed by atoms with Crippen molar-refractivity contribution in [3.63, 3.8) is 0 Å². The van der Waals surface area contributed by atoms with Crippen LogP contribution >= 0.6 is 0 Å². The maximum absolute atomic E-state index is 12.4. The van der Waals surface area contributed by atoms with Crippen molar-refractivity contribution >= 4 is 11.9 Å². The number of methoxy groups -OCH3 is 1. The Morgan fingerprint density at radius 1 is 1.38 bits per heavy atom. The van der Waals surface area contributed by atoms with Crippen LogP contribution in [0.2, 0.25) is 0 Å². The lowest BCUT2D eigenvalue weighted by Crippen LogP contribution is -2.39. The second kappa shape index (κ2) is 6.98. The van der Waals surface area contributed by atoms with Gasteiger partial charge in [-0.3, -0.25) is 15.2 Å². The average Bonchev–Trinajstić information content (AvgIpc) is 3.24. The molecule has 0 saturated carbocycles. The van der Waals surface area contributed by atoms with Crippen molar-refractivity contribution in [2.75, 3.05) is 12.4 Å². The third kappa shape index (κ3) is 3.55. The van der Waals surface area contributed by atoms with Crippen LogP contribution in [0, 0.1) is 0 Å². The van der Waals surface area contributed by atoms with Crippen molar-refractivity contribution in [3.8, 4) is 5.75 Å². The largest absolute Gasteiger partial charge is 0.497 e. The fourth-order valence-electron chi connectivity index (χ4n) is 2.59. The van der Waals surface area contributed by atoms with Crippen LogP contribution < -0.4 is 20.9 Å². The Balaban J connectivity index is 1.61. The summed E-state index contributed by atoms with van der Waals surface area (Å²) in [5.41, 5.74) is 7.24. The van der Waals surface area contributed by atoms with E-state index in [0.717, 1.165) is 17.1 Å². The van der Waals surface area contributed by atoms with Gasteiger partial charge in [-0.05, 0) is 24.1 Å². The molecule has 4 N–H and O–H groups in total. The zero-order valence-corrected chi connectivity index (χ0v) is 14.0. The number of ether oxygens (including phenoxy) is 1. The first-order chi connectivity index (χ1) is 11.6. The second-order valence-corrected chi connectivity index (χ2v) is 6.09. The van der Waals surface area contributed by atoms with Crippen molar-refractivity contribution in [1.29, 1.82) is 0 Å². The summed E-state index contributed by atoms with van der Waals surface area (Å²) in [6, 6.07) is 7.47. The van der Waals surface area contributed by atoms with E-state index in [4.69, 9.17) is 4.74 Å². The minimum atomic E-state index is -0.359. The molecule has 128 valence electrons. The quantitative estimate of drug-likeness (QED) is 0.662. The summed E-state index contributed by atoms with van der Waals surface area (Å²) in [5, 5.41) is 9.57. The number of hydrogen-bond acceptors (Lipinski definition) is 6. The maximum Gasteiger partial charge on any atom is 0.248 e. The molecule has 1 aliphatic heterocycles. The van der Waals surface area contributed by atoms with Gasteiger partial charge in [0.2, 0.25) is 11.9 Å². The average molecular weight is 330 g/mol. The molecule has 8 heteroatoms. The molecule has 2 heterocycles. The lowest BCUT2D eigenvalue weighted by atomic mass is 10.0. The maximum atomic E-state index is 12.4. The highest BCUT2D eigenvalue weighted by molar-refractivity contribution is 5.93. The third-order valence-corrected chi connectivity index (χ3v) is 4.00. The van der Waals surface area contributed by atoms with E-state index in [1.165, 1.54) is 0 Å². The van der Waals surface area contributed by atoms with Crippen molar-refractivity contribution in [1.82, 2.24) is 26.0 Å². The summed E-state index contributed by atoms with van der Waals surface area (Å²) in [6.45, 7) is 4.01. The van der Waals surface area contributed by atoms with E-state index in [-0.39, 0.29) is 23.9 Å². The normalized spacial score (nSPS) is 20.3. The van der Waals surface area contributed by atoms with Crippen LogP contribution in [0.5, 0.6) is 5.75 Å². The van der Waals surface area contributed by atoms with Crippen LogP contribution in [0.25, 0.3) is 0 Å². The number of H-pyrrole nitrogens is 1. The van der Waals surface area contributed by atoms with Gasteiger partial charge in [0.05, 0.1) is 7.11 Å².